The SMILES string of the molecule is COc1cc(OC)c(S(=O)(=O)NCCC(C)N)cc1Br.Cl. The van der Waals surface area contributed by atoms with E-state index in [0.29, 0.717) is 16.6 Å². The molecule has 6 nitrogen and oxygen atoms in total. The molecule has 1 rings (SSSR count). The predicted molar refractivity (Wildman–Crippen MR) is 87.9 cm³/mol. The number of hydrogen-bond donors (Lipinski definition) is 2. The largest absolute Gasteiger partial charge is 0.495 e. The van der Waals surface area contributed by atoms with Crippen molar-refractivity contribution in [3.05, 3.63) is 16.6 Å². The molecule has 0 amide bonds. The number of nitrogens with two attached hydrogens (primary N) is 1. The van der Waals surface area contributed by atoms with E-state index in [0.717, 1.165) is 0 Å². The van der Waals surface area contributed by atoms with Crippen molar-refractivity contribution < 1.29 is 17.9 Å². The second-order valence-electron chi connectivity index (χ2n) is 4.30. The third-order valence-electron chi connectivity index (χ3n) is 2.62. The van der Waals surface area contributed by atoms with Crippen molar-refractivity contribution in [3.63, 3.8) is 0 Å². The Balaban J connectivity index is 0.00000400. The summed E-state index contributed by atoms with van der Waals surface area (Å²) in [5.74, 6) is 0.717. The number of rotatable bonds is 7. The van der Waals surface area contributed by atoms with Crippen LogP contribution in [0, 0.1) is 0 Å². The van der Waals surface area contributed by atoms with Crippen molar-refractivity contribution >= 4 is 38.4 Å². The zero-order valence-corrected chi connectivity index (χ0v) is 15.3. The standard InChI is InChI=1S/C12H19BrN2O4S.ClH/c1-8(14)4-5-15-20(16,17)12-6-9(13)10(18-2)7-11(12)19-3;/h6-8,15H,4-5,14H2,1-3H3;1H. The van der Waals surface area contributed by atoms with Gasteiger partial charge in [0.2, 0.25) is 10.0 Å². The van der Waals surface area contributed by atoms with Crippen LogP contribution in [0.3, 0.4) is 0 Å². The fourth-order valence-electron chi connectivity index (χ4n) is 1.54. The first-order valence-electron chi connectivity index (χ1n) is 5.98. The molecule has 0 spiro atoms. The van der Waals surface area contributed by atoms with Gasteiger partial charge in [0.15, 0.2) is 0 Å². The fraction of sp³-hybridized carbons (Fsp3) is 0.500. The van der Waals surface area contributed by atoms with Crippen molar-refractivity contribution in [2.45, 2.75) is 24.3 Å². The molecule has 1 unspecified atom stereocenters. The first-order chi connectivity index (χ1) is 9.31. The van der Waals surface area contributed by atoms with Crippen LogP contribution < -0.4 is 19.9 Å². The van der Waals surface area contributed by atoms with Crippen LogP contribution in [0.2, 0.25) is 0 Å². The van der Waals surface area contributed by atoms with E-state index in [2.05, 4.69) is 20.7 Å². The van der Waals surface area contributed by atoms with Gasteiger partial charge < -0.3 is 15.2 Å². The average molecular weight is 404 g/mol. The number of nitrogens with one attached hydrogen (secondary N) is 1. The Kier molecular flexibility index (Phi) is 8.57. The highest BCUT2D eigenvalue weighted by molar-refractivity contribution is 9.10. The van der Waals surface area contributed by atoms with Gasteiger partial charge in [0.05, 0.1) is 18.7 Å². The summed E-state index contributed by atoms with van der Waals surface area (Å²) in [6, 6.07) is 2.90. The highest BCUT2D eigenvalue weighted by atomic mass is 79.9. The summed E-state index contributed by atoms with van der Waals surface area (Å²) in [5.41, 5.74) is 5.59. The van der Waals surface area contributed by atoms with Gasteiger partial charge in [-0.2, -0.15) is 0 Å². The number of ether oxygens (including phenoxy) is 2. The Bertz CT molecular complexity index is 567. The molecule has 21 heavy (non-hydrogen) atoms. The maximum Gasteiger partial charge on any atom is 0.244 e. The summed E-state index contributed by atoms with van der Waals surface area (Å²) < 4.78 is 37.8. The number of benzene rings is 1. The first kappa shape index (κ1) is 20.5. The maximum atomic E-state index is 12.3. The van der Waals surface area contributed by atoms with Crippen LogP contribution in [0.15, 0.2) is 21.5 Å². The number of methoxy groups -OCH3 is 2. The van der Waals surface area contributed by atoms with E-state index in [1.54, 1.807) is 0 Å². The molecule has 9 heteroatoms. The second kappa shape index (κ2) is 8.79. The van der Waals surface area contributed by atoms with Crippen molar-refractivity contribution in [1.82, 2.24) is 4.72 Å². The predicted octanol–water partition coefficient (Wildman–Crippen LogP) is 1.90. The minimum absolute atomic E-state index is 0. The molecular formula is C12H20BrClN2O4S. The maximum absolute atomic E-state index is 12.3. The molecule has 122 valence electrons. The average Bonchev–Trinajstić information content (AvgIpc) is 2.37. The lowest BCUT2D eigenvalue weighted by Crippen LogP contribution is -2.29. The summed E-state index contributed by atoms with van der Waals surface area (Å²) in [4.78, 5) is 0.0531. The monoisotopic (exact) mass is 402 g/mol. The van der Waals surface area contributed by atoms with Gasteiger partial charge in [-0.25, -0.2) is 13.1 Å². The van der Waals surface area contributed by atoms with Crippen LogP contribution >= 0.6 is 28.3 Å². The molecule has 0 saturated heterocycles. The quantitative estimate of drug-likeness (QED) is 0.725. The molecule has 0 aliphatic rings. The summed E-state index contributed by atoms with van der Waals surface area (Å²) >= 11 is 3.26. The molecule has 0 bridgehead atoms. The third kappa shape index (κ3) is 5.63. The fourth-order valence-corrected chi connectivity index (χ4v) is 3.42. The van der Waals surface area contributed by atoms with E-state index in [4.69, 9.17) is 15.2 Å². The van der Waals surface area contributed by atoms with E-state index in [9.17, 15) is 8.42 Å². The molecule has 0 radical (unpaired) electrons. The lowest BCUT2D eigenvalue weighted by Gasteiger charge is -2.14. The van der Waals surface area contributed by atoms with Crippen LogP contribution in [0.25, 0.3) is 0 Å². The molecule has 0 saturated carbocycles. The highest BCUT2D eigenvalue weighted by Gasteiger charge is 2.21. The number of hydrogen-bond acceptors (Lipinski definition) is 5. The van der Waals surface area contributed by atoms with Gasteiger partial charge in [0.1, 0.15) is 16.4 Å². The molecule has 1 aromatic rings. The Morgan fingerprint density at radius 1 is 1.29 bits per heavy atom. The van der Waals surface area contributed by atoms with Crippen molar-refractivity contribution in [1.29, 1.82) is 0 Å². The Labute approximate surface area is 140 Å². The lowest BCUT2D eigenvalue weighted by molar-refractivity contribution is 0.384. The van der Waals surface area contributed by atoms with Gasteiger partial charge in [-0.05, 0) is 35.3 Å². The molecule has 0 aliphatic heterocycles. The third-order valence-corrected chi connectivity index (χ3v) is 4.72. The summed E-state index contributed by atoms with van der Waals surface area (Å²) in [6.45, 7) is 2.09. The molecule has 3 N–H and O–H groups in total. The molecule has 0 aliphatic carbocycles. The van der Waals surface area contributed by atoms with Gasteiger partial charge in [-0.3, -0.25) is 0 Å². The summed E-state index contributed by atoms with van der Waals surface area (Å²) in [6.07, 6.45) is 0.554. The minimum atomic E-state index is -3.66. The van der Waals surface area contributed by atoms with E-state index in [1.165, 1.54) is 26.4 Å². The van der Waals surface area contributed by atoms with Crippen LogP contribution in [0.4, 0.5) is 0 Å². The van der Waals surface area contributed by atoms with Crippen molar-refractivity contribution in [2.24, 2.45) is 5.73 Å². The summed E-state index contributed by atoms with van der Waals surface area (Å²) in [7, 11) is -0.761. The van der Waals surface area contributed by atoms with E-state index >= 15 is 0 Å². The highest BCUT2D eigenvalue weighted by Crippen LogP contribution is 2.35. The van der Waals surface area contributed by atoms with Gasteiger partial charge in [0, 0.05) is 18.7 Å². The Morgan fingerprint density at radius 2 is 1.86 bits per heavy atom. The number of sulfonamides is 1. The molecule has 1 aromatic carbocycles. The van der Waals surface area contributed by atoms with Crippen molar-refractivity contribution in [2.75, 3.05) is 20.8 Å². The van der Waals surface area contributed by atoms with Crippen LogP contribution in [0.5, 0.6) is 11.5 Å². The Morgan fingerprint density at radius 3 is 2.33 bits per heavy atom. The minimum Gasteiger partial charge on any atom is -0.495 e. The molecule has 1 atom stereocenters. The molecule has 0 fully saturated rings. The second-order valence-corrected chi connectivity index (χ2v) is 6.89. The van der Waals surface area contributed by atoms with E-state index < -0.39 is 10.0 Å². The normalized spacial score (nSPS) is 12.4. The van der Waals surface area contributed by atoms with Gasteiger partial charge in [-0.1, -0.05) is 0 Å². The Hall–Kier alpha value is -0.540. The number of halogens is 2. The van der Waals surface area contributed by atoms with Crippen molar-refractivity contribution in [3.8, 4) is 11.5 Å². The van der Waals surface area contributed by atoms with Gasteiger partial charge in [0.25, 0.3) is 0 Å². The molecule has 0 aromatic heterocycles. The van der Waals surface area contributed by atoms with Crippen LogP contribution in [-0.2, 0) is 10.0 Å². The van der Waals surface area contributed by atoms with Crippen LogP contribution in [0.1, 0.15) is 13.3 Å². The van der Waals surface area contributed by atoms with E-state index in [-0.39, 0.29) is 35.6 Å². The van der Waals surface area contributed by atoms with Crippen LogP contribution in [-0.4, -0.2) is 35.2 Å². The zero-order valence-electron chi connectivity index (χ0n) is 12.1. The van der Waals surface area contributed by atoms with Gasteiger partial charge >= 0.3 is 0 Å². The summed E-state index contributed by atoms with van der Waals surface area (Å²) in [5, 5.41) is 0. The lowest BCUT2D eigenvalue weighted by atomic mass is 10.3. The van der Waals surface area contributed by atoms with Gasteiger partial charge in [-0.15, -0.1) is 12.4 Å². The smallest absolute Gasteiger partial charge is 0.244 e. The topological polar surface area (TPSA) is 90.6 Å². The molecular weight excluding hydrogens is 384 g/mol. The molecule has 0 heterocycles. The first-order valence-corrected chi connectivity index (χ1v) is 8.26. The zero-order chi connectivity index (χ0) is 15.3. The van der Waals surface area contributed by atoms with E-state index in [1.807, 2.05) is 6.92 Å².